The molecule has 10 heteroatoms. The van der Waals surface area contributed by atoms with Gasteiger partial charge in [0.2, 0.25) is 0 Å². The van der Waals surface area contributed by atoms with E-state index in [1.54, 1.807) is 0 Å². The first-order valence-electron chi connectivity index (χ1n) is 25.4. The molecule has 2 N–H and O–H groups in total. The lowest BCUT2D eigenvalue weighted by atomic mass is 10.1. The lowest BCUT2D eigenvalue weighted by molar-refractivity contribution is -0.144. The zero-order valence-corrected chi connectivity index (χ0v) is 40.3. The number of hydrogen-bond acceptors (Lipinski definition) is 8. The van der Waals surface area contributed by atoms with Crippen LogP contribution in [0, 0.1) is 0 Å². The van der Waals surface area contributed by atoms with Gasteiger partial charge in [-0.25, -0.2) is 0 Å². The molecule has 0 saturated heterocycles. The zero-order valence-electron chi connectivity index (χ0n) is 38.7. The summed E-state index contributed by atoms with van der Waals surface area (Å²) in [5, 5.41) is 17.3. The number of carbonyl (C=O) groups is 4. The van der Waals surface area contributed by atoms with Crippen LogP contribution in [0.4, 0.5) is 0 Å². The van der Waals surface area contributed by atoms with Gasteiger partial charge in [-0.2, -0.15) is 0 Å². The summed E-state index contributed by atoms with van der Waals surface area (Å²) < 4.78 is 10.9. The van der Waals surface area contributed by atoms with Gasteiger partial charge < -0.3 is 19.7 Å². The molecule has 60 heavy (non-hydrogen) atoms. The second-order valence-corrected chi connectivity index (χ2v) is 20.0. The van der Waals surface area contributed by atoms with E-state index in [-0.39, 0.29) is 11.9 Å². The van der Waals surface area contributed by atoms with E-state index < -0.39 is 11.9 Å². The number of carbonyl (C=O) groups excluding carboxylic acids is 2. The van der Waals surface area contributed by atoms with Crippen LogP contribution in [-0.2, 0) is 28.7 Å². The van der Waals surface area contributed by atoms with Crippen LogP contribution in [-0.4, -0.2) is 58.8 Å². The van der Waals surface area contributed by atoms with Crippen molar-refractivity contribution in [2.45, 2.75) is 270 Å². The Kier molecular flexibility index (Phi) is 49.0. The molecular formula is C50H94O8S2. The molecule has 0 unspecified atom stereocenters. The highest BCUT2D eigenvalue weighted by atomic mass is 33.1. The van der Waals surface area contributed by atoms with E-state index in [4.69, 9.17) is 19.7 Å². The van der Waals surface area contributed by atoms with Crippen molar-refractivity contribution in [2.75, 3.05) is 24.7 Å². The Hall–Kier alpha value is -1.42. The van der Waals surface area contributed by atoms with Crippen molar-refractivity contribution in [3.63, 3.8) is 0 Å². The molecule has 8 nitrogen and oxygen atoms in total. The fourth-order valence-electron chi connectivity index (χ4n) is 7.55. The number of carboxylic acids is 2. The maximum Gasteiger partial charge on any atom is 0.305 e. The molecule has 0 heterocycles. The Morgan fingerprint density at radius 1 is 0.267 bits per heavy atom. The number of unbranched alkanes of at least 4 members (excludes halogenated alkanes) is 34. The summed E-state index contributed by atoms with van der Waals surface area (Å²) in [6.45, 7) is 1.16. The van der Waals surface area contributed by atoms with Crippen LogP contribution in [0.5, 0.6) is 0 Å². The van der Waals surface area contributed by atoms with Crippen molar-refractivity contribution in [1.82, 2.24) is 0 Å². The molecule has 0 aromatic rings. The third kappa shape index (κ3) is 52.7. The Bertz CT molecular complexity index is 875. The second-order valence-electron chi connectivity index (χ2n) is 17.3. The molecule has 0 saturated carbocycles. The van der Waals surface area contributed by atoms with Crippen LogP contribution in [0.25, 0.3) is 0 Å². The molecular weight excluding hydrogens is 793 g/mol. The standard InChI is InChI=1S/C50H94O8S2/c51-47(52)39-31-23-15-7-1-3-9-17-25-33-41-49(55)57-43-35-27-19-11-5-13-21-29-37-45-59-60-46-38-30-22-14-6-12-20-28-36-44-58-50(56)42-34-26-18-10-4-2-8-16-24-32-40-48(53)54/h1-46H2,(H,51,52)(H,53,54). The normalized spacial score (nSPS) is 11.3. The van der Waals surface area contributed by atoms with Crippen LogP contribution >= 0.6 is 21.6 Å². The molecule has 0 aromatic carbocycles. The number of aliphatic carboxylic acids is 2. The monoisotopic (exact) mass is 887 g/mol. The van der Waals surface area contributed by atoms with Crippen LogP contribution in [0.15, 0.2) is 0 Å². The third-order valence-electron chi connectivity index (χ3n) is 11.4. The predicted molar refractivity (Wildman–Crippen MR) is 256 cm³/mol. The topological polar surface area (TPSA) is 127 Å². The minimum absolute atomic E-state index is 0.0291. The average molecular weight is 887 g/mol. The number of hydrogen-bond donors (Lipinski definition) is 2. The largest absolute Gasteiger partial charge is 0.481 e. The predicted octanol–water partition coefficient (Wildman–Crippen LogP) is 16.0. The Morgan fingerprint density at radius 3 is 0.717 bits per heavy atom. The summed E-state index contributed by atoms with van der Waals surface area (Å²) in [6, 6.07) is 0. The van der Waals surface area contributed by atoms with Crippen molar-refractivity contribution in [1.29, 1.82) is 0 Å². The molecule has 0 radical (unpaired) electrons. The molecule has 0 spiro atoms. The third-order valence-corrected chi connectivity index (χ3v) is 14.0. The number of esters is 2. The number of ether oxygens (including phenoxy) is 2. The van der Waals surface area contributed by atoms with Gasteiger partial charge in [0.05, 0.1) is 13.2 Å². The van der Waals surface area contributed by atoms with E-state index in [9.17, 15) is 19.2 Å². The maximum atomic E-state index is 12.0. The van der Waals surface area contributed by atoms with Crippen LogP contribution < -0.4 is 0 Å². The van der Waals surface area contributed by atoms with Gasteiger partial charge in [0.15, 0.2) is 0 Å². The molecule has 0 aliphatic heterocycles. The Labute approximate surface area is 377 Å². The fraction of sp³-hybridized carbons (Fsp3) is 0.920. The van der Waals surface area contributed by atoms with Gasteiger partial charge in [-0.1, -0.05) is 214 Å². The first-order chi connectivity index (χ1) is 29.4. The van der Waals surface area contributed by atoms with Gasteiger partial charge in [-0.05, 0) is 51.4 Å². The summed E-state index contributed by atoms with van der Waals surface area (Å²) in [5.41, 5.74) is 0. The van der Waals surface area contributed by atoms with Crippen LogP contribution in [0.2, 0.25) is 0 Å². The number of rotatable bonds is 51. The fourth-order valence-corrected chi connectivity index (χ4v) is 9.85. The van der Waals surface area contributed by atoms with Gasteiger partial charge >= 0.3 is 23.9 Å². The lowest BCUT2D eigenvalue weighted by Crippen LogP contribution is -2.05. The van der Waals surface area contributed by atoms with Gasteiger partial charge in [-0.15, -0.1) is 0 Å². The van der Waals surface area contributed by atoms with Crippen molar-refractivity contribution >= 4 is 45.5 Å². The van der Waals surface area contributed by atoms with E-state index >= 15 is 0 Å². The summed E-state index contributed by atoms with van der Waals surface area (Å²) in [6.07, 6.45) is 46.8. The molecule has 354 valence electrons. The zero-order chi connectivity index (χ0) is 43.7. The summed E-state index contributed by atoms with van der Waals surface area (Å²) in [5.74, 6) is 1.13. The Balaban J connectivity index is 3.19. The first kappa shape index (κ1) is 58.6. The van der Waals surface area contributed by atoms with E-state index in [1.807, 2.05) is 0 Å². The van der Waals surface area contributed by atoms with Gasteiger partial charge in [0.25, 0.3) is 0 Å². The molecule has 0 bridgehead atoms. The minimum atomic E-state index is -0.688. The van der Waals surface area contributed by atoms with Crippen LogP contribution in [0.1, 0.15) is 270 Å². The highest BCUT2D eigenvalue weighted by molar-refractivity contribution is 8.76. The van der Waals surface area contributed by atoms with E-state index in [0.717, 1.165) is 89.9 Å². The van der Waals surface area contributed by atoms with Crippen molar-refractivity contribution in [3.05, 3.63) is 0 Å². The Morgan fingerprint density at radius 2 is 0.467 bits per heavy atom. The highest BCUT2D eigenvalue weighted by Crippen LogP contribution is 2.25. The lowest BCUT2D eigenvalue weighted by Gasteiger charge is -2.06. The minimum Gasteiger partial charge on any atom is -0.481 e. The van der Waals surface area contributed by atoms with Gasteiger partial charge in [0.1, 0.15) is 0 Å². The molecule has 0 aliphatic carbocycles. The molecule has 0 atom stereocenters. The average Bonchev–Trinajstić information content (AvgIpc) is 3.22. The van der Waals surface area contributed by atoms with Gasteiger partial charge in [0, 0.05) is 37.2 Å². The van der Waals surface area contributed by atoms with E-state index in [2.05, 4.69) is 21.6 Å². The maximum absolute atomic E-state index is 12.0. The summed E-state index contributed by atoms with van der Waals surface area (Å²) in [4.78, 5) is 45.0. The van der Waals surface area contributed by atoms with Gasteiger partial charge in [-0.3, -0.25) is 19.2 Å². The molecule has 0 amide bonds. The molecule has 0 fully saturated rings. The molecule has 0 aliphatic rings. The quantitative estimate of drug-likeness (QED) is 0.0346. The van der Waals surface area contributed by atoms with Crippen molar-refractivity contribution in [3.8, 4) is 0 Å². The highest BCUT2D eigenvalue weighted by Gasteiger charge is 2.05. The van der Waals surface area contributed by atoms with Crippen molar-refractivity contribution in [2.24, 2.45) is 0 Å². The molecule has 0 rings (SSSR count). The summed E-state index contributed by atoms with van der Waals surface area (Å²) in [7, 11) is 4.13. The van der Waals surface area contributed by atoms with Crippen molar-refractivity contribution < 1.29 is 38.9 Å². The van der Waals surface area contributed by atoms with E-state index in [1.165, 1.54) is 166 Å². The smallest absolute Gasteiger partial charge is 0.305 e. The first-order valence-corrected chi connectivity index (χ1v) is 27.9. The molecule has 0 aromatic heterocycles. The SMILES string of the molecule is O=C(O)CCCCCCCCCCCCC(=O)OCCCCCCCCCCCSSCCCCCCCCCCCOC(=O)CCCCCCCCCCCCC(=O)O. The second kappa shape index (κ2) is 50.2. The van der Waals surface area contributed by atoms with E-state index in [0.29, 0.717) is 38.9 Å². The summed E-state index contributed by atoms with van der Waals surface area (Å²) >= 11 is 0. The van der Waals surface area contributed by atoms with Crippen LogP contribution in [0.3, 0.4) is 0 Å². The number of carboxylic acid groups (broad SMARTS) is 2.